The third-order valence-corrected chi connectivity index (χ3v) is 5.19. The van der Waals surface area contributed by atoms with E-state index in [-0.39, 0.29) is 6.04 Å². The van der Waals surface area contributed by atoms with Crippen molar-refractivity contribution < 1.29 is 5.11 Å². The average molecular weight is 397 g/mol. The number of hydrogen-bond donors (Lipinski definition) is 3. The molecule has 3 aromatic rings. The van der Waals surface area contributed by atoms with E-state index in [4.69, 9.17) is 11.6 Å². The van der Waals surface area contributed by atoms with Gasteiger partial charge in [0.05, 0.1) is 17.9 Å². The number of anilines is 2. The molecule has 144 valence electrons. The molecule has 0 bridgehead atoms. The van der Waals surface area contributed by atoms with Gasteiger partial charge in [0.1, 0.15) is 6.23 Å². The Hall–Kier alpha value is -2.90. The van der Waals surface area contributed by atoms with Gasteiger partial charge in [0.15, 0.2) is 0 Å². The average Bonchev–Trinajstić information content (AvgIpc) is 3.00. The highest BCUT2D eigenvalue weighted by molar-refractivity contribution is 6.30. The summed E-state index contributed by atoms with van der Waals surface area (Å²) in [4.78, 5) is 8.93. The summed E-state index contributed by atoms with van der Waals surface area (Å²) >= 11 is 6.10. The molecule has 1 aliphatic heterocycles. The zero-order chi connectivity index (χ0) is 19.8. The second-order valence-corrected chi connectivity index (χ2v) is 7.26. The van der Waals surface area contributed by atoms with E-state index in [0.717, 1.165) is 33.8 Å². The fourth-order valence-corrected chi connectivity index (χ4v) is 3.42. The van der Waals surface area contributed by atoms with Crippen LogP contribution in [0.1, 0.15) is 18.2 Å². The zero-order valence-electron chi connectivity index (χ0n) is 15.8. The van der Waals surface area contributed by atoms with Crippen LogP contribution in [0.5, 0.6) is 0 Å². The van der Waals surface area contributed by atoms with Crippen LogP contribution in [0, 0.1) is 6.92 Å². The van der Waals surface area contributed by atoms with Gasteiger partial charge in [0.25, 0.3) is 0 Å². The van der Waals surface area contributed by atoms with Crippen molar-refractivity contribution in [1.29, 1.82) is 0 Å². The SMILES string of the molecule is Cc1c(-c2ccnc(N[C@@H](C)C3=Cc4cc(Cl)ccc4NC3O)n2)cnn1C. The number of fused-ring (bicyclic) bond motifs is 1. The minimum Gasteiger partial charge on any atom is -0.370 e. The highest BCUT2D eigenvalue weighted by atomic mass is 35.5. The van der Waals surface area contributed by atoms with Crippen LogP contribution in [0.3, 0.4) is 0 Å². The molecular formula is C20H21ClN6O. The predicted octanol–water partition coefficient (Wildman–Crippen LogP) is 3.47. The zero-order valence-corrected chi connectivity index (χ0v) is 16.6. The van der Waals surface area contributed by atoms with E-state index >= 15 is 0 Å². The molecule has 4 rings (SSSR count). The Morgan fingerprint density at radius 1 is 1.32 bits per heavy atom. The summed E-state index contributed by atoms with van der Waals surface area (Å²) in [6.45, 7) is 3.95. The molecule has 0 radical (unpaired) electrons. The number of benzene rings is 1. The van der Waals surface area contributed by atoms with E-state index in [1.54, 1.807) is 18.5 Å². The van der Waals surface area contributed by atoms with E-state index in [1.807, 2.05) is 49.9 Å². The third-order valence-electron chi connectivity index (χ3n) is 4.96. The van der Waals surface area contributed by atoms with Crippen LogP contribution in [0.2, 0.25) is 5.02 Å². The number of aromatic nitrogens is 4. The Kier molecular flexibility index (Phi) is 4.78. The molecule has 7 nitrogen and oxygen atoms in total. The maximum Gasteiger partial charge on any atom is 0.223 e. The van der Waals surface area contributed by atoms with Crippen molar-refractivity contribution >= 4 is 29.3 Å². The van der Waals surface area contributed by atoms with Crippen molar-refractivity contribution in [3.63, 3.8) is 0 Å². The maximum atomic E-state index is 10.5. The van der Waals surface area contributed by atoms with Gasteiger partial charge in [-0.05, 0) is 49.8 Å². The van der Waals surface area contributed by atoms with E-state index in [1.165, 1.54) is 0 Å². The molecule has 28 heavy (non-hydrogen) atoms. The number of halogens is 1. The Labute approximate surface area is 168 Å². The minimum atomic E-state index is -0.806. The first kappa shape index (κ1) is 18.5. The van der Waals surface area contributed by atoms with Gasteiger partial charge in [-0.3, -0.25) is 4.68 Å². The fourth-order valence-electron chi connectivity index (χ4n) is 3.24. The topological polar surface area (TPSA) is 87.9 Å². The van der Waals surface area contributed by atoms with Crippen molar-refractivity contribution in [3.05, 3.63) is 58.5 Å². The summed E-state index contributed by atoms with van der Waals surface area (Å²) in [5, 5.41) is 21.8. The Balaban J connectivity index is 1.59. The summed E-state index contributed by atoms with van der Waals surface area (Å²) in [7, 11) is 1.90. The molecule has 0 saturated carbocycles. The quantitative estimate of drug-likeness (QED) is 0.626. The van der Waals surface area contributed by atoms with E-state index in [2.05, 4.69) is 25.7 Å². The predicted molar refractivity (Wildman–Crippen MR) is 111 cm³/mol. The van der Waals surface area contributed by atoms with Gasteiger partial charge in [0, 0.05) is 40.8 Å². The summed E-state index contributed by atoms with van der Waals surface area (Å²) in [5.74, 6) is 0.484. The smallest absolute Gasteiger partial charge is 0.223 e. The minimum absolute atomic E-state index is 0.195. The van der Waals surface area contributed by atoms with E-state index < -0.39 is 6.23 Å². The lowest BCUT2D eigenvalue weighted by molar-refractivity contribution is 0.234. The number of aliphatic hydroxyl groups excluding tert-OH is 1. The molecule has 2 atom stereocenters. The van der Waals surface area contributed by atoms with Crippen LogP contribution in [0.4, 0.5) is 11.6 Å². The molecule has 2 aromatic heterocycles. The maximum absolute atomic E-state index is 10.5. The van der Waals surface area contributed by atoms with Crippen LogP contribution < -0.4 is 10.6 Å². The number of rotatable bonds is 4. The molecule has 1 aromatic carbocycles. The summed E-state index contributed by atoms with van der Waals surface area (Å²) in [5.41, 5.74) is 5.34. The largest absolute Gasteiger partial charge is 0.370 e. The molecule has 8 heteroatoms. The van der Waals surface area contributed by atoms with Crippen molar-refractivity contribution in [2.45, 2.75) is 26.1 Å². The van der Waals surface area contributed by atoms with Crippen molar-refractivity contribution in [1.82, 2.24) is 19.7 Å². The molecule has 3 heterocycles. The molecule has 0 aliphatic carbocycles. The first-order valence-corrected chi connectivity index (χ1v) is 9.34. The monoisotopic (exact) mass is 396 g/mol. The Morgan fingerprint density at radius 3 is 2.89 bits per heavy atom. The number of nitrogens with one attached hydrogen (secondary N) is 2. The normalized spacial score (nSPS) is 16.8. The van der Waals surface area contributed by atoms with Gasteiger partial charge in [-0.2, -0.15) is 5.10 Å². The fraction of sp³-hybridized carbons (Fsp3) is 0.250. The molecule has 0 fully saturated rings. The van der Waals surface area contributed by atoms with Crippen LogP contribution in [0.15, 0.2) is 42.2 Å². The summed E-state index contributed by atoms with van der Waals surface area (Å²) in [6.07, 6.45) is 4.64. The summed E-state index contributed by atoms with van der Waals surface area (Å²) in [6, 6.07) is 7.18. The highest BCUT2D eigenvalue weighted by Crippen LogP contribution is 2.30. The van der Waals surface area contributed by atoms with Gasteiger partial charge in [-0.15, -0.1) is 0 Å². The van der Waals surface area contributed by atoms with Crippen molar-refractivity contribution in [2.75, 3.05) is 10.6 Å². The molecule has 0 saturated heterocycles. The first-order chi connectivity index (χ1) is 13.4. The third kappa shape index (κ3) is 3.46. The molecule has 1 aliphatic rings. The van der Waals surface area contributed by atoms with Crippen LogP contribution in [-0.4, -0.2) is 37.1 Å². The first-order valence-electron chi connectivity index (χ1n) is 8.96. The summed E-state index contributed by atoms with van der Waals surface area (Å²) < 4.78 is 1.81. The lowest BCUT2D eigenvalue weighted by Gasteiger charge is -2.28. The van der Waals surface area contributed by atoms with Gasteiger partial charge < -0.3 is 15.7 Å². The number of aliphatic hydroxyl groups is 1. The van der Waals surface area contributed by atoms with E-state index in [0.29, 0.717) is 11.0 Å². The lowest BCUT2D eigenvalue weighted by atomic mass is 9.98. The van der Waals surface area contributed by atoms with Crippen LogP contribution in [0.25, 0.3) is 17.3 Å². The molecule has 3 N–H and O–H groups in total. The van der Waals surface area contributed by atoms with E-state index in [9.17, 15) is 5.11 Å². The molecule has 0 spiro atoms. The lowest BCUT2D eigenvalue weighted by Crippen LogP contribution is -2.34. The van der Waals surface area contributed by atoms with Crippen LogP contribution >= 0.6 is 11.6 Å². The molecule has 1 unspecified atom stereocenters. The standard InChI is InChI=1S/C20H21ClN6O/c1-11(15-9-13-8-14(21)4-5-17(13)25-19(15)28)24-20-22-7-6-18(26-20)16-10-23-27(3)12(16)2/h4-11,19,25,28H,1-3H3,(H,22,24,26)/t11-,19?/m0/s1. The highest BCUT2D eigenvalue weighted by Gasteiger charge is 2.23. The number of nitrogens with zero attached hydrogens (tertiary/aromatic N) is 4. The van der Waals surface area contributed by atoms with Gasteiger partial charge >= 0.3 is 0 Å². The second kappa shape index (κ2) is 7.26. The molecule has 0 amide bonds. The van der Waals surface area contributed by atoms with Crippen molar-refractivity contribution in [3.8, 4) is 11.3 Å². The van der Waals surface area contributed by atoms with Crippen LogP contribution in [-0.2, 0) is 7.05 Å². The van der Waals surface area contributed by atoms with Gasteiger partial charge in [-0.25, -0.2) is 9.97 Å². The number of aryl methyl sites for hydroxylation is 1. The number of hydrogen-bond acceptors (Lipinski definition) is 6. The Morgan fingerprint density at radius 2 is 2.14 bits per heavy atom. The van der Waals surface area contributed by atoms with Crippen molar-refractivity contribution in [2.24, 2.45) is 7.05 Å². The van der Waals surface area contributed by atoms with Gasteiger partial charge in [-0.1, -0.05) is 11.6 Å². The molecular weight excluding hydrogens is 376 g/mol. The second-order valence-electron chi connectivity index (χ2n) is 6.82. The Bertz CT molecular complexity index is 1060. The van der Waals surface area contributed by atoms with Gasteiger partial charge in [0.2, 0.25) is 5.95 Å².